The average Bonchev–Trinajstić information content (AvgIpc) is 2.81. The topological polar surface area (TPSA) is 0 Å². The van der Waals surface area contributed by atoms with Crippen LogP contribution in [0.3, 0.4) is 0 Å². The average molecular weight is 278 g/mol. The van der Waals surface area contributed by atoms with Crippen molar-refractivity contribution in [2.45, 2.75) is 58.3 Å². The molecule has 1 saturated carbocycles. The van der Waals surface area contributed by atoms with Crippen molar-refractivity contribution in [2.24, 2.45) is 0 Å². The van der Waals surface area contributed by atoms with E-state index in [1.807, 2.05) is 13.8 Å². The molecule has 0 amide bonds. The molecule has 1 spiro atoms. The molecule has 2 aliphatic rings. The Balaban J connectivity index is 0.000000636. The predicted molar refractivity (Wildman–Crippen MR) is 91.8 cm³/mol. The molecular formula is C21H26. The summed E-state index contributed by atoms with van der Waals surface area (Å²) in [4.78, 5) is 0. The molecule has 0 aliphatic heterocycles. The third kappa shape index (κ3) is 2.12. The number of hydrogen-bond acceptors (Lipinski definition) is 0. The van der Waals surface area contributed by atoms with Crippen molar-refractivity contribution in [1.29, 1.82) is 0 Å². The summed E-state index contributed by atoms with van der Waals surface area (Å²) in [6.45, 7) is 6.22. The van der Waals surface area contributed by atoms with Crippen LogP contribution in [0.4, 0.5) is 0 Å². The smallest absolute Gasteiger partial charge is 0.0215 e. The number of benzene rings is 2. The highest BCUT2D eigenvalue weighted by molar-refractivity contribution is 5.81. The van der Waals surface area contributed by atoms with Gasteiger partial charge in [-0.2, -0.15) is 0 Å². The first-order valence-electron chi connectivity index (χ1n) is 8.52. The largest absolute Gasteiger partial charge is 0.0683 e. The maximum absolute atomic E-state index is 2.45. The Kier molecular flexibility index (Phi) is 3.89. The van der Waals surface area contributed by atoms with Crippen molar-refractivity contribution in [3.05, 3.63) is 59.2 Å². The number of aryl methyl sites for hydroxylation is 1. The lowest BCUT2D eigenvalue weighted by atomic mass is 9.68. The first-order chi connectivity index (χ1) is 10.3. The third-order valence-corrected chi connectivity index (χ3v) is 5.13. The summed E-state index contributed by atoms with van der Waals surface area (Å²) >= 11 is 0. The lowest BCUT2D eigenvalue weighted by Crippen LogP contribution is -2.28. The van der Waals surface area contributed by atoms with Gasteiger partial charge in [0.25, 0.3) is 0 Å². The van der Waals surface area contributed by atoms with E-state index >= 15 is 0 Å². The van der Waals surface area contributed by atoms with E-state index in [2.05, 4.69) is 49.4 Å². The van der Waals surface area contributed by atoms with Crippen LogP contribution in [0.2, 0.25) is 0 Å². The van der Waals surface area contributed by atoms with Gasteiger partial charge < -0.3 is 0 Å². The van der Waals surface area contributed by atoms with Gasteiger partial charge in [0.05, 0.1) is 0 Å². The maximum Gasteiger partial charge on any atom is 0.0215 e. The van der Waals surface area contributed by atoms with Crippen LogP contribution in [0.5, 0.6) is 0 Å². The van der Waals surface area contributed by atoms with Gasteiger partial charge in [0.1, 0.15) is 0 Å². The highest BCUT2D eigenvalue weighted by Crippen LogP contribution is 2.55. The van der Waals surface area contributed by atoms with Gasteiger partial charge >= 0.3 is 0 Å². The minimum Gasteiger partial charge on any atom is -0.0683 e. The molecular weight excluding hydrogens is 252 g/mol. The van der Waals surface area contributed by atoms with Gasteiger partial charge in [-0.3, -0.25) is 0 Å². The SMILES string of the molecule is CC.Cc1ccc2c(c1)C1(CCCCC1)c1ccccc1-2. The molecule has 0 N–H and O–H groups in total. The maximum atomic E-state index is 2.45. The van der Waals surface area contributed by atoms with E-state index in [4.69, 9.17) is 0 Å². The van der Waals surface area contributed by atoms with Crippen molar-refractivity contribution in [3.8, 4) is 11.1 Å². The second-order valence-corrected chi connectivity index (χ2v) is 6.24. The molecule has 0 saturated heterocycles. The van der Waals surface area contributed by atoms with Crippen LogP contribution in [0, 0.1) is 6.92 Å². The molecule has 2 aromatic rings. The van der Waals surface area contributed by atoms with E-state index in [1.165, 1.54) is 48.8 Å². The summed E-state index contributed by atoms with van der Waals surface area (Å²) in [7, 11) is 0. The second-order valence-electron chi connectivity index (χ2n) is 6.24. The highest BCUT2D eigenvalue weighted by atomic mass is 14.5. The molecule has 0 heteroatoms. The fourth-order valence-electron chi connectivity index (χ4n) is 4.26. The molecule has 2 aliphatic carbocycles. The van der Waals surface area contributed by atoms with Crippen molar-refractivity contribution in [3.63, 3.8) is 0 Å². The molecule has 0 atom stereocenters. The summed E-state index contributed by atoms with van der Waals surface area (Å²) in [5.41, 5.74) is 7.90. The van der Waals surface area contributed by atoms with Gasteiger partial charge in [-0.05, 0) is 42.0 Å². The van der Waals surface area contributed by atoms with E-state index < -0.39 is 0 Å². The van der Waals surface area contributed by atoms with Crippen molar-refractivity contribution < 1.29 is 0 Å². The molecule has 0 radical (unpaired) electrons. The number of hydrogen-bond donors (Lipinski definition) is 0. The number of rotatable bonds is 0. The predicted octanol–water partition coefficient (Wildman–Crippen LogP) is 6.25. The Hall–Kier alpha value is -1.56. The van der Waals surface area contributed by atoms with Gasteiger partial charge in [0, 0.05) is 5.41 Å². The minimum atomic E-state index is 0.330. The van der Waals surface area contributed by atoms with E-state index in [0.29, 0.717) is 5.41 Å². The molecule has 2 aromatic carbocycles. The molecule has 1 fully saturated rings. The van der Waals surface area contributed by atoms with Crippen LogP contribution < -0.4 is 0 Å². The molecule has 0 bridgehead atoms. The summed E-state index contributed by atoms with van der Waals surface area (Å²) in [6.07, 6.45) is 6.83. The monoisotopic (exact) mass is 278 g/mol. The Bertz CT molecular complexity index is 630. The van der Waals surface area contributed by atoms with Crippen molar-refractivity contribution in [2.75, 3.05) is 0 Å². The molecule has 0 aromatic heterocycles. The van der Waals surface area contributed by atoms with E-state index in [9.17, 15) is 0 Å². The molecule has 110 valence electrons. The summed E-state index contributed by atoms with van der Waals surface area (Å²) in [5.74, 6) is 0. The lowest BCUT2D eigenvalue weighted by molar-refractivity contribution is 0.352. The van der Waals surface area contributed by atoms with Crippen LogP contribution in [-0.4, -0.2) is 0 Å². The second kappa shape index (κ2) is 5.67. The molecule has 0 heterocycles. The quantitative estimate of drug-likeness (QED) is 0.534. The summed E-state index contributed by atoms with van der Waals surface area (Å²) in [5, 5.41) is 0. The zero-order chi connectivity index (χ0) is 14.9. The molecule has 4 rings (SSSR count). The lowest BCUT2D eigenvalue weighted by Gasteiger charge is -2.36. The van der Waals surface area contributed by atoms with E-state index in [1.54, 1.807) is 11.1 Å². The van der Waals surface area contributed by atoms with Crippen LogP contribution >= 0.6 is 0 Å². The van der Waals surface area contributed by atoms with Gasteiger partial charge in [-0.1, -0.05) is 81.1 Å². The van der Waals surface area contributed by atoms with Crippen LogP contribution in [0.1, 0.15) is 62.6 Å². The molecule has 0 nitrogen and oxygen atoms in total. The minimum absolute atomic E-state index is 0.330. The third-order valence-electron chi connectivity index (χ3n) is 5.13. The highest BCUT2D eigenvalue weighted by Gasteiger charge is 2.43. The van der Waals surface area contributed by atoms with Crippen LogP contribution in [0.15, 0.2) is 42.5 Å². The van der Waals surface area contributed by atoms with Gasteiger partial charge in [-0.25, -0.2) is 0 Å². The van der Waals surface area contributed by atoms with Gasteiger partial charge in [-0.15, -0.1) is 0 Å². The Morgan fingerprint density at radius 2 is 1.43 bits per heavy atom. The van der Waals surface area contributed by atoms with E-state index in [-0.39, 0.29) is 0 Å². The molecule has 21 heavy (non-hydrogen) atoms. The van der Waals surface area contributed by atoms with Crippen molar-refractivity contribution in [1.82, 2.24) is 0 Å². The molecule has 0 unspecified atom stereocenters. The summed E-state index contributed by atoms with van der Waals surface area (Å²) < 4.78 is 0. The first kappa shape index (κ1) is 14.4. The fourth-order valence-corrected chi connectivity index (χ4v) is 4.26. The summed E-state index contributed by atoms with van der Waals surface area (Å²) in [6, 6.07) is 16.1. The van der Waals surface area contributed by atoms with Crippen LogP contribution in [0.25, 0.3) is 11.1 Å². The zero-order valence-corrected chi connectivity index (χ0v) is 13.6. The normalized spacial score (nSPS) is 17.7. The number of fused-ring (bicyclic) bond motifs is 5. The van der Waals surface area contributed by atoms with Crippen LogP contribution in [-0.2, 0) is 5.41 Å². The van der Waals surface area contributed by atoms with Gasteiger partial charge in [0.15, 0.2) is 0 Å². The fraction of sp³-hybridized carbons (Fsp3) is 0.429. The van der Waals surface area contributed by atoms with Crippen molar-refractivity contribution >= 4 is 0 Å². The Morgan fingerprint density at radius 1 is 0.762 bits per heavy atom. The first-order valence-corrected chi connectivity index (χ1v) is 8.52. The standard InChI is InChI=1S/C19H20.C2H6/c1-14-9-10-16-15-7-3-4-8-17(15)19(18(16)13-14)11-5-2-6-12-19;1-2/h3-4,7-10,13H,2,5-6,11-12H2,1H3;1-2H3. The Labute approximate surface area is 129 Å². The Morgan fingerprint density at radius 3 is 2.19 bits per heavy atom. The van der Waals surface area contributed by atoms with Gasteiger partial charge in [0.2, 0.25) is 0 Å². The zero-order valence-electron chi connectivity index (χ0n) is 13.6. The van der Waals surface area contributed by atoms with E-state index in [0.717, 1.165) is 0 Å².